The van der Waals surface area contributed by atoms with E-state index in [4.69, 9.17) is 20.6 Å². The van der Waals surface area contributed by atoms with E-state index >= 15 is 0 Å². The molecule has 0 heterocycles. The number of hydrogen-bond donors (Lipinski definition) is 0. The van der Waals surface area contributed by atoms with Crippen LogP contribution in [0, 0.1) is 0 Å². The smallest absolute Gasteiger partial charge is 0.326 e. The molecule has 0 unspecified atom stereocenters. The molecule has 3 aromatic carbocycles. The van der Waals surface area contributed by atoms with Crippen molar-refractivity contribution in [1.29, 1.82) is 0 Å². The van der Waals surface area contributed by atoms with E-state index in [0.717, 1.165) is 22.9 Å². The largest absolute Gasteiger partial charge is 0.435 e. The van der Waals surface area contributed by atoms with Gasteiger partial charge in [-0.2, -0.15) is 0 Å². The molecule has 4 heteroatoms. The van der Waals surface area contributed by atoms with Crippen LogP contribution in [0.15, 0.2) is 103 Å². The van der Waals surface area contributed by atoms with Crippen molar-refractivity contribution in [2.45, 2.75) is 6.42 Å². The molecule has 3 aromatic rings. The van der Waals surface area contributed by atoms with Gasteiger partial charge >= 0.3 is 8.38 Å². The molecule has 26 heavy (non-hydrogen) atoms. The minimum atomic E-state index is -1.29. The highest BCUT2D eigenvalue weighted by atomic mass is 35.5. The van der Waals surface area contributed by atoms with Crippen LogP contribution >= 0.6 is 20.0 Å². The number of rotatable bonds is 7. The number of benzene rings is 3. The van der Waals surface area contributed by atoms with Crippen molar-refractivity contribution < 1.29 is 9.05 Å². The summed E-state index contributed by atoms with van der Waals surface area (Å²) in [5.41, 5.74) is 4.36. The summed E-state index contributed by atoms with van der Waals surface area (Å²) in [6.07, 6.45) is 2.73. The molecular weight excluding hydrogens is 363 g/mol. The molecule has 0 aliphatic rings. The number of halogens is 1. The van der Waals surface area contributed by atoms with Gasteiger partial charge in [0.15, 0.2) is 0 Å². The van der Waals surface area contributed by atoms with Gasteiger partial charge in [0.25, 0.3) is 0 Å². The van der Waals surface area contributed by atoms with Crippen LogP contribution in [0.25, 0.3) is 0 Å². The molecule has 0 N–H and O–H groups in total. The van der Waals surface area contributed by atoms with E-state index in [1.54, 1.807) is 0 Å². The van der Waals surface area contributed by atoms with Crippen LogP contribution in [-0.4, -0.2) is 0 Å². The van der Waals surface area contributed by atoms with Crippen molar-refractivity contribution in [3.8, 4) is 11.5 Å². The molecule has 0 spiro atoms. The second kappa shape index (κ2) is 9.85. The molecule has 0 aliphatic heterocycles. The lowest BCUT2D eigenvalue weighted by Gasteiger charge is -2.14. The van der Waals surface area contributed by atoms with Crippen molar-refractivity contribution in [3.05, 3.63) is 113 Å². The summed E-state index contributed by atoms with van der Waals surface area (Å²) >= 11 is 5.91. The Balaban J connectivity index is 1.69. The molecule has 2 nitrogen and oxygen atoms in total. The Bertz CT molecular complexity index is 816. The molecular formula is C22H18ClO2P. The summed E-state index contributed by atoms with van der Waals surface area (Å²) in [6.45, 7) is 0. The van der Waals surface area contributed by atoms with Gasteiger partial charge in [-0.1, -0.05) is 60.1 Å². The molecule has 0 saturated carbocycles. The van der Waals surface area contributed by atoms with Crippen molar-refractivity contribution in [3.63, 3.8) is 0 Å². The Kier molecular flexibility index (Phi) is 6.93. The first-order valence-corrected chi connectivity index (χ1v) is 9.83. The van der Waals surface area contributed by atoms with Gasteiger partial charge in [-0.15, -0.1) is 5.73 Å². The molecule has 0 aromatic heterocycles. The van der Waals surface area contributed by atoms with E-state index in [-0.39, 0.29) is 0 Å². The van der Waals surface area contributed by atoms with Gasteiger partial charge in [0, 0.05) is 5.02 Å². The molecule has 0 saturated heterocycles. The maximum atomic E-state index is 5.97. The van der Waals surface area contributed by atoms with E-state index in [2.05, 4.69) is 5.73 Å². The third-order valence-electron chi connectivity index (χ3n) is 3.43. The predicted octanol–water partition coefficient (Wildman–Crippen LogP) is 7.02. The number of hydrogen-bond acceptors (Lipinski definition) is 2. The minimum absolute atomic E-state index is 0.740. The first-order chi connectivity index (χ1) is 12.8. The molecule has 0 aliphatic carbocycles. The molecule has 0 bridgehead atoms. The Hall–Kier alpha value is -2.50. The maximum Gasteiger partial charge on any atom is 0.326 e. The van der Waals surface area contributed by atoms with Crippen LogP contribution in [-0.2, 0) is 6.42 Å². The summed E-state index contributed by atoms with van der Waals surface area (Å²) in [4.78, 5) is 0. The first-order valence-electron chi connectivity index (χ1n) is 8.20. The lowest BCUT2D eigenvalue weighted by atomic mass is 10.1. The molecule has 0 fully saturated rings. The van der Waals surface area contributed by atoms with Crippen molar-refractivity contribution >= 4 is 20.0 Å². The highest BCUT2D eigenvalue weighted by molar-refractivity contribution is 7.51. The average Bonchev–Trinajstić information content (AvgIpc) is 2.68. The molecule has 0 amide bonds. The highest BCUT2D eigenvalue weighted by Crippen LogP contribution is 2.41. The fourth-order valence-electron chi connectivity index (χ4n) is 2.15. The topological polar surface area (TPSA) is 18.5 Å². The highest BCUT2D eigenvalue weighted by Gasteiger charge is 2.10. The molecule has 0 atom stereocenters. The average molecular weight is 381 g/mol. The number of para-hydroxylation sites is 2. The van der Waals surface area contributed by atoms with Crippen LogP contribution in [0.1, 0.15) is 5.56 Å². The van der Waals surface area contributed by atoms with Crippen molar-refractivity contribution in [1.82, 2.24) is 0 Å². The molecule has 3 rings (SSSR count). The van der Waals surface area contributed by atoms with Gasteiger partial charge in [0.2, 0.25) is 0 Å². The van der Waals surface area contributed by atoms with Gasteiger partial charge in [0.05, 0.1) is 5.82 Å². The van der Waals surface area contributed by atoms with E-state index in [1.807, 2.05) is 96.8 Å². The summed E-state index contributed by atoms with van der Waals surface area (Å²) in [5, 5.41) is 0.740. The van der Waals surface area contributed by atoms with Crippen molar-refractivity contribution in [2.24, 2.45) is 0 Å². The van der Waals surface area contributed by atoms with E-state index in [0.29, 0.717) is 0 Å². The molecule has 130 valence electrons. The number of allylic oxidation sites excluding steroid dienone is 1. The summed E-state index contributed by atoms with van der Waals surface area (Å²) < 4.78 is 11.9. The van der Waals surface area contributed by atoms with Crippen molar-refractivity contribution in [2.75, 3.05) is 0 Å². The van der Waals surface area contributed by atoms with Gasteiger partial charge in [-0.3, -0.25) is 0 Å². The third kappa shape index (κ3) is 6.10. The summed E-state index contributed by atoms with van der Waals surface area (Å²) in [5.74, 6) is 3.38. The fourth-order valence-corrected chi connectivity index (χ4v) is 3.31. The fraction of sp³-hybridized carbons (Fsp3) is 0.0455. The zero-order valence-corrected chi connectivity index (χ0v) is 15.7. The van der Waals surface area contributed by atoms with Crippen LogP contribution in [0.5, 0.6) is 11.5 Å². The second-order valence-corrected chi connectivity index (χ2v) is 7.06. The Morgan fingerprint density at radius 2 is 1.31 bits per heavy atom. The Morgan fingerprint density at radius 1 is 0.769 bits per heavy atom. The van der Waals surface area contributed by atoms with E-state index < -0.39 is 8.38 Å². The lowest BCUT2D eigenvalue weighted by Crippen LogP contribution is -1.92. The van der Waals surface area contributed by atoms with Crippen LogP contribution in [0.4, 0.5) is 0 Å². The van der Waals surface area contributed by atoms with Gasteiger partial charge < -0.3 is 9.05 Å². The predicted molar refractivity (Wildman–Crippen MR) is 109 cm³/mol. The summed E-state index contributed by atoms with van der Waals surface area (Å²) in [7, 11) is -1.29. The van der Waals surface area contributed by atoms with Gasteiger partial charge in [-0.05, 0) is 54.5 Å². The Morgan fingerprint density at radius 3 is 1.85 bits per heavy atom. The van der Waals surface area contributed by atoms with E-state index in [1.165, 1.54) is 5.56 Å². The SMILES string of the molecule is Clc1ccc(CC=C=CP(Oc2ccccc2)Oc2ccccc2)cc1. The van der Waals surface area contributed by atoms with Gasteiger partial charge in [-0.25, -0.2) is 0 Å². The Labute approximate surface area is 160 Å². The van der Waals surface area contributed by atoms with Crippen LogP contribution in [0.2, 0.25) is 5.02 Å². The zero-order chi connectivity index (χ0) is 18.0. The summed E-state index contributed by atoms with van der Waals surface area (Å²) in [6, 6.07) is 27.1. The molecule has 0 radical (unpaired) electrons. The maximum absolute atomic E-state index is 5.97. The third-order valence-corrected chi connectivity index (χ3v) is 4.82. The first kappa shape index (κ1) is 18.3. The van der Waals surface area contributed by atoms with Crippen LogP contribution in [0.3, 0.4) is 0 Å². The zero-order valence-electron chi connectivity index (χ0n) is 14.1. The van der Waals surface area contributed by atoms with E-state index in [9.17, 15) is 0 Å². The lowest BCUT2D eigenvalue weighted by molar-refractivity contribution is 0.501. The minimum Gasteiger partial charge on any atom is -0.435 e. The monoisotopic (exact) mass is 380 g/mol. The second-order valence-electron chi connectivity index (χ2n) is 5.42. The quantitative estimate of drug-likeness (QED) is 0.324. The van der Waals surface area contributed by atoms with Gasteiger partial charge in [0.1, 0.15) is 11.5 Å². The normalized spacial score (nSPS) is 10.1. The van der Waals surface area contributed by atoms with Crippen LogP contribution < -0.4 is 9.05 Å². The standard InChI is InChI=1S/C22H18ClO2P/c23-20-16-14-19(15-17-20)9-7-8-18-26(24-21-10-3-1-4-11-21)25-22-12-5-2-6-13-22/h1-7,10-18H,9H2.